The number of rotatable bonds is 6. The standard InChI is InChI=1S/C17H24N4OS/c1-13(11-21-9-8-18-12-21)19-17(22)20-16(14-5-2-3-6-14)15-7-4-10-23-15/h4,7-10,12-14,16H,2-3,5-6,11H2,1H3,(H2,19,20,22)/t13-,16-/m0/s1. The van der Waals surface area contributed by atoms with Crippen LogP contribution in [0.4, 0.5) is 4.79 Å². The van der Waals surface area contributed by atoms with Gasteiger partial charge in [0.2, 0.25) is 0 Å². The van der Waals surface area contributed by atoms with E-state index in [-0.39, 0.29) is 18.1 Å². The molecule has 1 aliphatic carbocycles. The van der Waals surface area contributed by atoms with Crippen molar-refractivity contribution in [2.24, 2.45) is 5.92 Å². The summed E-state index contributed by atoms with van der Waals surface area (Å²) in [5.74, 6) is 0.559. The highest BCUT2D eigenvalue weighted by Gasteiger charge is 2.28. The molecule has 3 rings (SSSR count). The van der Waals surface area contributed by atoms with Gasteiger partial charge in [0.05, 0.1) is 12.4 Å². The molecule has 6 heteroatoms. The lowest BCUT2D eigenvalue weighted by Crippen LogP contribution is -2.45. The van der Waals surface area contributed by atoms with Crippen LogP contribution < -0.4 is 10.6 Å². The molecule has 0 saturated heterocycles. The number of carbonyl (C=O) groups is 1. The smallest absolute Gasteiger partial charge is 0.315 e. The van der Waals surface area contributed by atoms with Crippen LogP contribution >= 0.6 is 11.3 Å². The summed E-state index contributed by atoms with van der Waals surface area (Å²) in [6.07, 6.45) is 10.4. The molecule has 2 aromatic heterocycles. The predicted molar refractivity (Wildman–Crippen MR) is 92.4 cm³/mol. The molecular formula is C17H24N4OS. The second kappa shape index (κ2) is 7.64. The van der Waals surface area contributed by atoms with E-state index in [4.69, 9.17) is 0 Å². The fraction of sp³-hybridized carbons (Fsp3) is 0.529. The molecule has 0 spiro atoms. The maximum atomic E-state index is 12.4. The van der Waals surface area contributed by atoms with Gasteiger partial charge in [-0.25, -0.2) is 9.78 Å². The summed E-state index contributed by atoms with van der Waals surface area (Å²) in [7, 11) is 0. The van der Waals surface area contributed by atoms with Gasteiger partial charge in [-0.3, -0.25) is 0 Å². The first kappa shape index (κ1) is 16.1. The zero-order valence-corrected chi connectivity index (χ0v) is 14.3. The Morgan fingerprint density at radius 2 is 2.26 bits per heavy atom. The summed E-state index contributed by atoms with van der Waals surface area (Å²) in [4.78, 5) is 17.7. The van der Waals surface area contributed by atoms with Gasteiger partial charge in [-0.05, 0) is 37.1 Å². The largest absolute Gasteiger partial charge is 0.335 e. The SMILES string of the molecule is C[C@@H](Cn1ccnc1)NC(=O)N[C@H](c1cccs1)C1CCCC1. The Morgan fingerprint density at radius 3 is 2.91 bits per heavy atom. The zero-order chi connectivity index (χ0) is 16.1. The summed E-state index contributed by atoms with van der Waals surface area (Å²) in [5.41, 5.74) is 0. The van der Waals surface area contributed by atoms with E-state index in [1.54, 1.807) is 23.9 Å². The lowest BCUT2D eigenvalue weighted by atomic mass is 9.97. The van der Waals surface area contributed by atoms with Crippen LogP contribution in [0.5, 0.6) is 0 Å². The third kappa shape index (κ3) is 4.34. The van der Waals surface area contributed by atoms with Gasteiger partial charge < -0.3 is 15.2 Å². The maximum Gasteiger partial charge on any atom is 0.315 e. The molecule has 0 radical (unpaired) electrons. The number of thiophene rings is 1. The van der Waals surface area contributed by atoms with Crippen molar-refractivity contribution in [2.75, 3.05) is 0 Å². The molecule has 2 aromatic rings. The summed E-state index contributed by atoms with van der Waals surface area (Å²) in [6.45, 7) is 2.73. The van der Waals surface area contributed by atoms with Crippen molar-refractivity contribution in [1.82, 2.24) is 20.2 Å². The van der Waals surface area contributed by atoms with E-state index in [9.17, 15) is 4.79 Å². The molecule has 5 nitrogen and oxygen atoms in total. The van der Waals surface area contributed by atoms with E-state index in [0.29, 0.717) is 5.92 Å². The number of hydrogen-bond donors (Lipinski definition) is 2. The van der Waals surface area contributed by atoms with E-state index in [1.807, 2.05) is 17.7 Å². The van der Waals surface area contributed by atoms with Gasteiger partial charge in [0.25, 0.3) is 0 Å². The fourth-order valence-electron chi connectivity index (χ4n) is 3.34. The summed E-state index contributed by atoms with van der Waals surface area (Å²) < 4.78 is 1.97. The highest BCUT2D eigenvalue weighted by atomic mass is 32.1. The molecule has 2 heterocycles. The maximum absolute atomic E-state index is 12.4. The van der Waals surface area contributed by atoms with Crippen molar-refractivity contribution >= 4 is 17.4 Å². The molecule has 0 aliphatic heterocycles. The topological polar surface area (TPSA) is 59.0 Å². The summed E-state index contributed by atoms with van der Waals surface area (Å²) in [5, 5.41) is 8.33. The van der Waals surface area contributed by atoms with Crippen LogP contribution in [0, 0.1) is 5.92 Å². The van der Waals surface area contributed by atoms with Crippen molar-refractivity contribution < 1.29 is 4.79 Å². The number of carbonyl (C=O) groups excluding carboxylic acids is 1. The van der Waals surface area contributed by atoms with Crippen LogP contribution in [-0.2, 0) is 6.54 Å². The molecule has 0 unspecified atom stereocenters. The Hall–Kier alpha value is -1.82. The molecule has 1 aliphatic rings. The van der Waals surface area contributed by atoms with Gasteiger partial charge in [-0.2, -0.15) is 0 Å². The Kier molecular flexibility index (Phi) is 5.33. The predicted octanol–water partition coefficient (Wildman–Crippen LogP) is 3.56. The third-order valence-corrected chi connectivity index (χ3v) is 5.38. The average Bonchev–Trinajstić information content (AvgIpc) is 3.27. The molecule has 23 heavy (non-hydrogen) atoms. The molecular weight excluding hydrogens is 308 g/mol. The van der Waals surface area contributed by atoms with Gasteiger partial charge in [0.15, 0.2) is 0 Å². The highest BCUT2D eigenvalue weighted by molar-refractivity contribution is 7.10. The van der Waals surface area contributed by atoms with Gasteiger partial charge in [-0.1, -0.05) is 18.9 Å². The average molecular weight is 332 g/mol. The molecule has 1 fully saturated rings. The minimum absolute atomic E-state index is 0.0526. The van der Waals surface area contributed by atoms with Crippen LogP contribution in [0.2, 0.25) is 0 Å². The van der Waals surface area contributed by atoms with Crippen LogP contribution in [-0.4, -0.2) is 21.6 Å². The normalized spacial score (nSPS) is 17.8. The van der Waals surface area contributed by atoms with Crippen molar-refractivity contribution in [3.05, 3.63) is 41.1 Å². The molecule has 2 atom stereocenters. The minimum Gasteiger partial charge on any atom is -0.335 e. The zero-order valence-electron chi connectivity index (χ0n) is 13.4. The highest BCUT2D eigenvalue weighted by Crippen LogP contribution is 2.37. The van der Waals surface area contributed by atoms with Crippen molar-refractivity contribution in [3.8, 4) is 0 Å². The van der Waals surface area contributed by atoms with Crippen molar-refractivity contribution in [1.29, 1.82) is 0 Å². The molecule has 124 valence electrons. The van der Waals surface area contributed by atoms with Crippen molar-refractivity contribution in [3.63, 3.8) is 0 Å². The number of aromatic nitrogens is 2. The Morgan fingerprint density at radius 1 is 1.43 bits per heavy atom. The van der Waals surface area contributed by atoms with E-state index in [0.717, 1.165) is 6.54 Å². The Bertz CT molecular complexity index is 590. The first-order valence-electron chi connectivity index (χ1n) is 8.28. The monoisotopic (exact) mass is 332 g/mol. The van der Waals surface area contributed by atoms with Crippen LogP contribution in [0.3, 0.4) is 0 Å². The molecule has 1 saturated carbocycles. The van der Waals surface area contributed by atoms with Crippen LogP contribution in [0.25, 0.3) is 0 Å². The third-order valence-electron chi connectivity index (χ3n) is 4.43. The first-order valence-corrected chi connectivity index (χ1v) is 9.16. The molecule has 0 aromatic carbocycles. The van der Waals surface area contributed by atoms with Gasteiger partial charge >= 0.3 is 6.03 Å². The summed E-state index contributed by atoms with van der Waals surface area (Å²) in [6, 6.07) is 4.30. The molecule has 0 bridgehead atoms. The van der Waals surface area contributed by atoms with E-state index in [2.05, 4.69) is 33.1 Å². The number of hydrogen-bond acceptors (Lipinski definition) is 3. The number of imidazole rings is 1. The quantitative estimate of drug-likeness (QED) is 0.849. The van der Waals surface area contributed by atoms with Crippen LogP contribution in [0.1, 0.15) is 43.5 Å². The second-order valence-corrected chi connectivity index (χ2v) is 7.30. The Labute approximate surface area is 141 Å². The van der Waals surface area contributed by atoms with Crippen LogP contribution in [0.15, 0.2) is 36.2 Å². The van der Waals surface area contributed by atoms with E-state index < -0.39 is 0 Å². The van der Waals surface area contributed by atoms with Gasteiger partial charge in [-0.15, -0.1) is 11.3 Å². The van der Waals surface area contributed by atoms with Gasteiger partial charge in [0, 0.05) is 29.9 Å². The van der Waals surface area contributed by atoms with E-state index >= 15 is 0 Å². The first-order chi connectivity index (χ1) is 11.2. The van der Waals surface area contributed by atoms with E-state index in [1.165, 1.54) is 30.6 Å². The lowest BCUT2D eigenvalue weighted by molar-refractivity contribution is 0.227. The number of urea groups is 1. The molecule has 2 amide bonds. The van der Waals surface area contributed by atoms with Gasteiger partial charge in [0.1, 0.15) is 0 Å². The Balaban J connectivity index is 1.57. The lowest BCUT2D eigenvalue weighted by Gasteiger charge is -2.25. The number of nitrogens with one attached hydrogen (secondary N) is 2. The molecule has 2 N–H and O–H groups in total. The fourth-order valence-corrected chi connectivity index (χ4v) is 4.21. The minimum atomic E-state index is -0.0806. The summed E-state index contributed by atoms with van der Waals surface area (Å²) >= 11 is 1.73. The van der Waals surface area contributed by atoms with Crippen molar-refractivity contribution in [2.45, 2.75) is 51.2 Å². The number of nitrogens with zero attached hydrogens (tertiary/aromatic N) is 2. The number of amides is 2. The second-order valence-electron chi connectivity index (χ2n) is 6.32.